The minimum Gasteiger partial charge on any atom is -0.376 e. The maximum atomic E-state index is 12.6. The van der Waals surface area contributed by atoms with E-state index in [9.17, 15) is 4.79 Å². The first kappa shape index (κ1) is 28.4. The van der Waals surface area contributed by atoms with Crippen molar-refractivity contribution in [2.75, 3.05) is 13.2 Å². The third-order valence-electron chi connectivity index (χ3n) is 6.03. The molecule has 0 bridgehead atoms. The minimum absolute atomic E-state index is 0.179. The molecule has 29 heavy (non-hydrogen) atoms. The van der Waals surface area contributed by atoms with Crippen LogP contribution in [-0.4, -0.2) is 25.2 Å². The first-order valence-corrected chi connectivity index (χ1v) is 13.0. The van der Waals surface area contributed by atoms with Crippen molar-refractivity contribution in [2.45, 2.75) is 137 Å². The normalized spacial score (nSPS) is 14.5. The standard InChI is InChI=1S/C26H53NO2/c1-6-10-11-12-13-20-25(17-9-4)29-22-21-27-26(28)24(16-8-3)19-14-18-23(5)15-7-2/h23-25H,6-22H2,1-5H3,(H,27,28). The monoisotopic (exact) mass is 411 g/mol. The van der Waals surface area contributed by atoms with Crippen molar-refractivity contribution < 1.29 is 9.53 Å². The Kier molecular flexibility index (Phi) is 20.3. The Morgan fingerprint density at radius 1 is 0.724 bits per heavy atom. The van der Waals surface area contributed by atoms with Crippen LogP contribution in [0.2, 0.25) is 0 Å². The van der Waals surface area contributed by atoms with E-state index in [4.69, 9.17) is 4.74 Å². The molecule has 0 aliphatic rings. The van der Waals surface area contributed by atoms with Crippen LogP contribution in [0.3, 0.4) is 0 Å². The summed E-state index contributed by atoms with van der Waals surface area (Å²) >= 11 is 0. The van der Waals surface area contributed by atoms with Gasteiger partial charge in [0.05, 0.1) is 12.7 Å². The summed E-state index contributed by atoms with van der Waals surface area (Å²) in [6.07, 6.45) is 18.5. The van der Waals surface area contributed by atoms with Crippen LogP contribution < -0.4 is 5.32 Å². The van der Waals surface area contributed by atoms with Crippen LogP contribution in [0.25, 0.3) is 0 Å². The van der Waals surface area contributed by atoms with Crippen LogP contribution in [0.1, 0.15) is 131 Å². The SMILES string of the molecule is CCCCCCCC(CCC)OCCNC(=O)C(CCC)CCCC(C)CCC. The predicted molar refractivity (Wildman–Crippen MR) is 127 cm³/mol. The van der Waals surface area contributed by atoms with Gasteiger partial charge in [-0.05, 0) is 31.6 Å². The molecule has 0 rings (SSSR count). The summed E-state index contributed by atoms with van der Waals surface area (Å²) in [5.74, 6) is 1.21. The highest BCUT2D eigenvalue weighted by molar-refractivity contribution is 5.78. The van der Waals surface area contributed by atoms with Crippen molar-refractivity contribution in [3.8, 4) is 0 Å². The fourth-order valence-electron chi connectivity index (χ4n) is 4.26. The van der Waals surface area contributed by atoms with Gasteiger partial charge in [-0.2, -0.15) is 0 Å². The van der Waals surface area contributed by atoms with Crippen LogP contribution >= 0.6 is 0 Å². The van der Waals surface area contributed by atoms with Gasteiger partial charge < -0.3 is 10.1 Å². The Labute approximate surface area is 183 Å². The first-order chi connectivity index (χ1) is 14.1. The van der Waals surface area contributed by atoms with E-state index in [2.05, 4.69) is 39.9 Å². The average Bonchev–Trinajstić information content (AvgIpc) is 2.70. The largest absolute Gasteiger partial charge is 0.376 e. The van der Waals surface area contributed by atoms with Gasteiger partial charge in [0.15, 0.2) is 0 Å². The topological polar surface area (TPSA) is 38.3 Å². The Bertz CT molecular complexity index is 359. The number of carbonyl (C=O) groups is 1. The molecule has 0 aromatic heterocycles. The van der Waals surface area contributed by atoms with E-state index in [0.717, 1.165) is 31.6 Å². The second kappa shape index (κ2) is 20.7. The number of amides is 1. The molecule has 0 heterocycles. The lowest BCUT2D eigenvalue weighted by atomic mass is 9.92. The number of unbranched alkanes of at least 4 members (excludes halogenated alkanes) is 4. The molecule has 0 aliphatic heterocycles. The Morgan fingerprint density at radius 3 is 2.07 bits per heavy atom. The highest BCUT2D eigenvalue weighted by Gasteiger charge is 2.17. The van der Waals surface area contributed by atoms with Crippen LogP contribution in [0.5, 0.6) is 0 Å². The molecule has 3 heteroatoms. The van der Waals surface area contributed by atoms with E-state index < -0.39 is 0 Å². The van der Waals surface area contributed by atoms with Crippen molar-refractivity contribution in [1.82, 2.24) is 5.32 Å². The molecule has 0 fully saturated rings. The zero-order valence-corrected chi connectivity index (χ0v) is 20.6. The second-order valence-corrected chi connectivity index (χ2v) is 9.09. The molecule has 3 atom stereocenters. The van der Waals surface area contributed by atoms with Gasteiger partial charge >= 0.3 is 0 Å². The van der Waals surface area contributed by atoms with Crippen LogP contribution in [0.15, 0.2) is 0 Å². The number of hydrogen-bond acceptors (Lipinski definition) is 2. The molecule has 3 nitrogen and oxygen atoms in total. The van der Waals surface area contributed by atoms with Crippen molar-refractivity contribution in [1.29, 1.82) is 0 Å². The predicted octanol–water partition coefficient (Wildman–Crippen LogP) is 7.67. The van der Waals surface area contributed by atoms with E-state index in [1.54, 1.807) is 0 Å². The van der Waals surface area contributed by atoms with E-state index in [1.807, 2.05) is 0 Å². The van der Waals surface area contributed by atoms with Gasteiger partial charge in [0.2, 0.25) is 5.91 Å². The second-order valence-electron chi connectivity index (χ2n) is 9.09. The highest BCUT2D eigenvalue weighted by atomic mass is 16.5. The van der Waals surface area contributed by atoms with Crippen LogP contribution in [0.4, 0.5) is 0 Å². The van der Waals surface area contributed by atoms with Crippen LogP contribution in [-0.2, 0) is 9.53 Å². The van der Waals surface area contributed by atoms with Gasteiger partial charge in [-0.15, -0.1) is 0 Å². The third-order valence-corrected chi connectivity index (χ3v) is 6.03. The Hall–Kier alpha value is -0.570. The van der Waals surface area contributed by atoms with Gasteiger partial charge in [-0.25, -0.2) is 0 Å². The number of rotatable bonds is 21. The lowest BCUT2D eigenvalue weighted by molar-refractivity contribution is -0.125. The summed E-state index contributed by atoms with van der Waals surface area (Å²) in [5, 5.41) is 3.15. The summed E-state index contributed by atoms with van der Waals surface area (Å²) in [5.41, 5.74) is 0. The average molecular weight is 412 g/mol. The Morgan fingerprint density at radius 2 is 1.41 bits per heavy atom. The first-order valence-electron chi connectivity index (χ1n) is 13.0. The minimum atomic E-state index is 0.179. The number of ether oxygens (including phenoxy) is 1. The van der Waals surface area contributed by atoms with Gasteiger partial charge in [0.1, 0.15) is 0 Å². The van der Waals surface area contributed by atoms with Gasteiger partial charge in [0, 0.05) is 12.5 Å². The lowest BCUT2D eigenvalue weighted by Gasteiger charge is -2.19. The van der Waals surface area contributed by atoms with Gasteiger partial charge in [-0.3, -0.25) is 4.79 Å². The van der Waals surface area contributed by atoms with Crippen molar-refractivity contribution >= 4 is 5.91 Å². The fraction of sp³-hybridized carbons (Fsp3) is 0.962. The zero-order chi connectivity index (χ0) is 21.7. The summed E-state index contributed by atoms with van der Waals surface area (Å²) in [6, 6.07) is 0. The molecular weight excluding hydrogens is 358 g/mol. The Balaban J connectivity index is 4.08. The summed E-state index contributed by atoms with van der Waals surface area (Å²) in [7, 11) is 0. The fourth-order valence-corrected chi connectivity index (χ4v) is 4.26. The third kappa shape index (κ3) is 16.9. The highest BCUT2D eigenvalue weighted by Crippen LogP contribution is 2.20. The van der Waals surface area contributed by atoms with Crippen molar-refractivity contribution in [2.24, 2.45) is 11.8 Å². The maximum Gasteiger partial charge on any atom is 0.223 e. The molecule has 174 valence electrons. The summed E-state index contributed by atoms with van der Waals surface area (Å²) in [4.78, 5) is 12.6. The lowest BCUT2D eigenvalue weighted by Crippen LogP contribution is -2.34. The zero-order valence-electron chi connectivity index (χ0n) is 20.6. The van der Waals surface area contributed by atoms with E-state index >= 15 is 0 Å². The molecule has 0 saturated heterocycles. The molecule has 3 unspecified atom stereocenters. The molecule has 1 N–H and O–H groups in total. The molecular formula is C26H53NO2. The van der Waals surface area contributed by atoms with Gasteiger partial charge in [0.25, 0.3) is 0 Å². The maximum absolute atomic E-state index is 12.6. The van der Waals surface area contributed by atoms with E-state index in [0.29, 0.717) is 19.3 Å². The van der Waals surface area contributed by atoms with Crippen molar-refractivity contribution in [3.05, 3.63) is 0 Å². The molecule has 1 amide bonds. The molecule has 0 aromatic rings. The summed E-state index contributed by atoms with van der Waals surface area (Å²) in [6.45, 7) is 12.6. The molecule has 0 saturated carbocycles. The number of hydrogen-bond donors (Lipinski definition) is 1. The molecule has 0 radical (unpaired) electrons. The molecule has 0 spiro atoms. The smallest absolute Gasteiger partial charge is 0.223 e. The number of nitrogens with one attached hydrogen (secondary N) is 1. The van der Waals surface area contributed by atoms with E-state index in [-0.39, 0.29) is 11.8 Å². The quantitative estimate of drug-likeness (QED) is 0.197. The van der Waals surface area contributed by atoms with Crippen LogP contribution in [0, 0.1) is 11.8 Å². The van der Waals surface area contributed by atoms with Gasteiger partial charge in [-0.1, -0.05) is 105 Å². The number of carbonyl (C=O) groups excluding carboxylic acids is 1. The summed E-state index contributed by atoms with van der Waals surface area (Å²) < 4.78 is 6.10. The van der Waals surface area contributed by atoms with E-state index in [1.165, 1.54) is 70.6 Å². The molecule has 0 aromatic carbocycles. The molecule has 0 aliphatic carbocycles. The van der Waals surface area contributed by atoms with Crippen molar-refractivity contribution in [3.63, 3.8) is 0 Å².